The molecule has 11 nitrogen and oxygen atoms in total. The van der Waals surface area contributed by atoms with E-state index in [4.69, 9.17) is 18.9 Å². The van der Waals surface area contributed by atoms with Crippen molar-refractivity contribution in [3.63, 3.8) is 0 Å². The maximum atomic E-state index is 14.0. The molecule has 0 aliphatic heterocycles. The summed E-state index contributed by atoms with van der Waals surface area (Å²) in [5, 5.41) is 7.92. The lowest BCUT2D eigenvalue weighted by atomic mass is 10.1. The first kappa shape index (κ1) is 40.7. The van der Waals surface area contributed by atoms with Crippen LogP contribution in [0, 0.1) is 0 Å². The fourth-order valence-electron chi connectivity index (χ4n) is 5.44. The number of thioether (sulfide) groups is 1. The van der Waals surface area contributed by atoms with Gasteiger partial charge >= 0.3 is 5.97 Å². The van der Waals surface area contributed by atoms with Gasteiger partial charge in [-0.05, 0) is 78.7 Å². The summed E-state index contributed by atoms with van der Waals surface area (Å²) in [5.41, 5.74) is 2.84. The van der Waals surface area contributed by atoms with Crippen molar-refractivity contribution in [1.82, 2.24) is 5.32 Å². The van der Waals surface area contributed by atoms with Crippen molar-refractivity contribution in [2.24, 2.45) is 0 Å². The predicted octanol–water partition coefficient (Wildman–Crippen LogP) is 8.55. The van der Waals surface area contributed by atoms with Crippen LogP contribution in [0.15, 0.2) is 132 Å². The van der Waals surface area contributed by atoms with Crippen molar-refractivity contribution >= 4 is 52.9 Å². The van der Waals surface area contributed by atoms with E-state index in [0.717, 1.165) is 18.4 Å². The highest BCUT2D eigenvalue weighted by Crippen LogP contribution is 2.38. The molecule has 0 saturated carbocycles. The third kappa shape index (κ3) is 11.0. The van der Waals surface area contributed by atoms with Crippen LogP contribution in [-0.2, 0) is 14.3 Å². The number of esters is 1. The molecule has 3 N–H and O–H groups in total. The smallest absolute Gasteiger partial charge is 0.338 e. The lowest BCUT2D eigenvalue weighted by Crippen LogP contribution is -2.30. The van der Waals surface area contributed by atoms with Crippen molar-refractivity contribution in [2.45, 2.75) is 29.9 Å². The molecule has 5 aromatic rings. The highest BCUT2D eigenvalue weighted by Gasteiger charge is 2.23. The Morgan fingerprint density at radius 1 is 0.679 bits per heavy atom. The van der Waals surface area contributed by atoms with Crippen LogP contribution in [-0.4, -0.2) is 51.6 Å². The van der Waals surface area contributed by atoms with Gasteiger partial charge in [-0.2, -0.15) is 0 Å². The molecular formula is C44H43N3O8S. The predicted molar refractivity (Wildman–Crippen MR) is 218 cm³/mol. The van der Waals surface area contributed by atoms with Crippen molar-refractivity contribution in [3.05, 3.63) is 149 Å². The third-order valence-corrected chi connectivity index (χ3v) is 9.62. The molecule has 56 heavy (non-hydrogen) atoms. The molecule has 0 saturated heterocycles. The van der Waals surface area contributed by atoms with E-state index in [1.54, 1.807) is 84.9 Å². The van der Waals surface area contributed by atoms with Crippen molar-refractivity contribution in [3.8, 4) is 17.2 Å². The Morgan fingerprint density at radius 2 is 1.34 bits per heavy atom. The quantitative estimate of drug-likeness (QED) is 0.0367. The number of benzene rings is 5. The molecule has 0 aliphatic carbocycles. The van der Waals surface area contributed by atoms with Crippen LogP contribution in [0.3, 0.4) is 0 Å². The Balaban J connectivity index is 1.38. The van der Waals surface area contributed by atoms with Gasteiger partial charge in [0.2, 0.25) is 5.91 Å². The summed E-state index contributed by atoms with van der Waals surface area (Å²) in [6.45, 7) is 2.37. The molecule has 0 heterocycles. The number of carbonyl (C=O) groups excluding carboxylic acids is 4. The van der Waals surface area contributed by atoms with Gasteiger partial charge in [-0.3, -0.25) is 14.4 Å². The Kier molecular flexibility index (Phi) is 14.7. The summed E-state index contributed by atoms with van der Waals surface area (Å²) in [6.07, 6.45) is 3.20. The van der Waals surface area contributed by atoms with Crippen molar-refractivity contribution in [2.75, 3.05) is 38.6 Å². The van der Waals surface area contributed by atoms with E-state index in [1.165, 1.54) is 39.2 Å². The Labute approximate surface area is 330 Å². The lowest BCUT2D eigenvalue weighted by Gasteiger charge is -2.18. The van der Waals surface area contributed by atoms with Crippen LogP contribution in [0.4, 0.5) is 11.4 Å². The number of ether oxygens (including phenoxy) is 4. The number of rotatable bonds is 17. The molecule has 5 rings (SSSR count). The topological polar surface area (TPSA) is 141 Å². The first-order chi connectivity index (χ1) is 27.2. The normalized spacial score (nSPS) is 11.5. The van der Waals surface area contributed by atoms with Crippen molar-refractivity contribution < 1.29 is 38.1 Å². The zero-order valence-electron chi connectivity index (χ0n) is 31.5. The first-order valence-corrected chi connectivity index (χ1v) is 18.7. The summed E-state index contributed by atoms with van der Waals surface area (Å²) >= 11 is 1.30. The summed E-state index contributed by atoms with van der Waals surface area (Å²) < 4.78 is 21.8. The zero-order valence-corrected chi connectivity index (χ0v) is 32.3. The average Bonchev–Trinajstić information content (AvgIpc) is 3.23. The zero-order chi connectivity index (χ0) is 39.9. The van der Waals surface area contributed by atoms with E-state index >= 15 is 0 Å². The van der Waals surface area contributed by atoms with Crippen molar-refractivity contribution in [1.29, 1.82) is 0 Å². The number of amides is 3. The van der Waals surface area contributed by atoms with Gasteiger partial charge in [-0.25, -0.2) is 4.79 Å². The maximum Gasteiger partial charge on any atom is 0.338 e. The monoisotopic (exact) mass is 773 g/mol. The Hall–Kier alpha value is -6.53. The minimum Gasteiger partial charge on any atom is -0.496 e. The van der Waals surface area contributed by atoms with E-state index in [-0.39, 0.29) is 11.6 Å². The van der Waals surface area contributed by atoms with E-state index in [2.05, 4.69) is 16.0 Å². The second-order valence-corrected chi connectivity index (χ2v) is 13.5. The van der Waals surface area contributed by atoms with Crippen LogP contribution in [0.5, 0.6) is 17.2 Å². The highest BCUT2D eigenvalue weighted by atomic mass is 32.2. The highest BCUT2D eigenvalue weighted by molar-refractivity contribution is 8.00. The standard InChI is InChI=1S/C44H43N3O8S/c1-5-6-24-55-44(51)31-20-22-33(23-21-31)45-43(50)40(29-14-9-7-10-15-29)56-35-19-13-18-34(27-35)46-42(49)36(47-41(48)30-16-11-8-12-17-30)25-32-26-38(53-3)39(54-4)28-37(32)52-2/h7-23,25-28,40H,5-6,24H2,1-4H3,(H,45,50)(H,46,49)(H,47,48)/b36-25+. The van der Waals surface area contributed by atoms with Gasteiger partial charge in [0.1, 0.15) is 16.7 Å². The number of hydrogen-bond donors (Lipinski definition) is 3. The second-order valence-electron chi connectivity index (χ2n) is 12.3. The molecule has 3 amide bonds. The molecule has 1 unspecified atom stereocenters. The Morgan fingerprint density at radius 3 is 2.00 bits per heavy atom. The van der Waals surface area contributed by atoms with E-state index in [1.807, 2.05) is 43.3 Å². The first-order valence-electron chi connectivity index (χ1n) is 17.8. The molecule has 0 aliphatic rings. The average molecular weight is 774 g/mol. The molecule has 12 heteroatoms. The van der Waals surface area contributed by atoms with Gasteiger partial charge in [0, 0.05) is 33.5 Å². The summed E-state index contributed by atoms with van der Waals surface area (Å²) in [4.78, 5) is 54.2. The molecule has 0 spiro atoms. The minimum atomic E-state index is -0.682. The molecule has 288 valence electrons. The molecule has 0 radical (unpaired) electrons. The number of nitrogens with one attached hydrogen (secondary N) is 3. The van der Waals surface area contributed by atoms with Crippen LogP contribution >= 0.6 is 11.8 Å². The van der Waals surface area contributed by atoms with Gasteiger partial charge in [-0.15, -0.1) is 11.8 Å². The van der Waals surface area contributed by atoms with Crippen LogP contribution in [0.25, 0.3) is 6.08 Å². The molecule has 1 atom stereocenters. The number of hydrogen-bond acceptors (Lipinski definition) is 9. The van der Waals surface area contributed by atoms with Gasteiger partial charge in [-0.1, -0.05) is 67.9 Å². The molecule has 0 bridgehead atoms. The third-order valence-electron chi connectivity index (χ3n) is 8.37. The molecular weight excluding hydrogens is 731 g/mol. The van der Waals surface area contributed by atoms with E-state index in [0.29, 0.717) is 56.8 Å². The summed E-state index contributed by atoms with van der Waals surface area (Å²) in [5.74, 6) is -0.594. The largest absolute Gasteiger partial charge is 0.496 e. The van der Waals surface area contributed by atoms with Gasteiger partial charge in [0.05, 0.1) is 33.5 Å². The summed E-state index contributed by atoms with van der Waals surface area (Å²) in [7, 11) is 4.48. The second kappa shape index (κ2) is 20.2. The molecule has 5 aromatic carbocycles. The number of methoxy groups -OCH3 is 3. The SMILES string of the molecule is CCCCOC(=O)c1ccc(NC(=O)C(Sc2cccc(NC(=O)/C(=C\c3cc(OC)c(OC)cc3OC)NC(=O)c3ccccc3)c2)c2ccccc2)cc1. The van der Waals surface area contributed by atoms with Crippen LogP contribution in [0.1, 0.15) is 56.9 Å². The Bertz CT molecular complexity index is 2160. The van der Waals surface area contributed by atoms with E-state index < -0.39 is 23.0 Å². The van der Waals surface area contributed by atoms with E-state index in [9.17, 15) is 19.2 Å². The van der Waals surface area contributed by atoms with Gasteiger partial charge < -0.3 is 34.9 Å². The fourth-order valence-corrected chi connectivity index (χ4v) is 6.52. The van der Waals surface area contributed by atoms with Crippen LogP contribution < -0.4 is 30.2 Å². The fraction of sp³-hybridized carbons (Fsp3) is 0.182. The van der Waals surface area contributed by atoms with Gasteiger partial charge in [0.25, 0.3) is 11.8 Å². The molecule has 0 aromatic heterocycles. The lowest BCUT2D eigenvalue weighted by molar-refractivity contribution is -0.116. The minimum absolute atomic E-state index is 0.0655. The maximum absolute atomic E-state index is 14.0. The number of unbranched alkanes of at least 4 members (excludes halogenated alkanes) is 1. The number of anilines is 2. The number of carbonyl (C=O) groups is 4. The molecule has 0 fully saturated rings. The van der Waals surface area contributed by atoms with Crippen LogP contribution in [0.2, 0.25) is 0 Å². The summed E-state index contributed by atoms with van der Waals surface area (Å²) in [6, 6.07) is 34.7. The van der Waals surface area contributed by atoms with Gasteiger partial charge in [0.15, 0.2) is 11.5 Å².